The van der Waals surface area contributed by atoms with E-state index in [0.29, 0.717) is 32.1 Å². The Bertz CT molecular complexity index is 906. The van der Waals surface area contributed by atoms with Gasteiger partial charge in [-0.3, -0.25) is 4.79 Å². The molecule has 3 nitrogen and oxygen atoms in total. The Morgan fingerprint density at radius 2 is 2.08 bits per heavy atom. The van der Waals surface area contributed by atoms with Gasteiger partial charge in [-0.15, -0.1) is 11.3 Å². The first kappa shape index (κ1) is 19.2. The first-order chi connectivity index (χ1) is 12.2. The molecule has 136 valence electrons. The second-order valence-corrected chi connectivity index (χ2v) is 9.65. The highest BCUT2D eigenvalue weighted by molar-refractivity contribution is 7.16. The molecule has 0 unspecified atom stereocenters. The highest BCUT2D eigenvalue weighted by Gasteiger charge is 2.32. The van der Waals surface area contributed by atoms with Crippen LogP contribution in [-0.4, -0.2) is 5.91 Å². The molecule has 1 heterocycles. The zero-order valence-electron chi connectivity index (χ0n) is 15.0. The van der Waals surface area contributed by atoms with Gasteiger partial charge in [0.15, 0.2) is 0 Å². The summed E-state index contributed by atoms with van der Waals surface area (Å²) in [6.45, 7) is 6.77. The number of anilines is 1. The molecular weight excluding hydrogens is 387 g/mol. The van der Waals surface area contributed by atoms with E-state index in [-0.39, 0.29) is 11.3 Å². The number of rotatable bonds is 2. The number of fused-ring (bicyclic) bond motifs is 1. The quantitative estimate of drug-likeness (QED) is 0.632. The van der Waals surface area contributed by atoms with Crippen molar-refractivity contribution in [2.75, 3.05) is 5.32 Å². The summed E-state index contributed by atoms with van der Waals surface area (Å²) in [5.41, 5.74) is 2.26. The van der Waals surface area contributed by atoms with Crippen molar-refractivity contribution in [2.45, 2.75) is 40.0 Å². The average molecular weight is 407 g/mol. The van der Waals surface area contributed by atoms with Crippen molar-refractivity contribution in [3.8, 4) is 6.07 Å². The SMILES string of the molecule is CC(C)(C)[C@H]1CCc2c(sc(NC(=O)c3ccc(Cl)cc3Cl)c2C#N)C1. The summed E-state index contributed by atoms with van der Waals surface area (Å²) in [6, 6.07) is 7.04. The molecule has 6 heteroatoms. The van der Waals surface area contributed by atoms with Crippen LogP contribution in [0.2, 0.25) is 10.0 Å². The van der Waals surface area contributed by atoms with Crippen LogP contribution in [0.15, 0.2) is 18.2 Å². The Morgan fingerprint density at radius 3 is 2.69 bits per heavy atom. The van der Waals surface area contributed by atoms with Gasteiger partial charge in [0.1, 0.15) is 11.1 Å². The lowest BCUT2D eigenvalue weighted by Gasteiger charge is -2.33. The molecule has 1 atom stereocenters. The summed E-state index contributed by atoms with van der Waals surface area (Å²) in [5.74, 6) is 0.253. The van der Waals surface area contributed by atoms with E-state index in [1.54, 1.807) is 12.1 Å². The standard InChI is InChI=1S/C20H20Cl2N2OS/c1-20(2,3)11-4-6-13-15(10-23)19(26-17(13)8-11)24-18(25)14-7-5-12(21)9-16(14)22/h5,7,9,11H,4,6,8H2,1-3H3,(H,24,25)/t11-/m0/s1. The third-order valence-electron chi connectivity index (χ3n) is 5.00. The van der Waals surface area contributed by atoms with Gasteiger partial charge in [-0.1, -0.05) is 44.0 Å². The molecule has 0 radical (unpaired) electrons. The average Bonchev–Trinajstić information content (AvgIpc) is 2.89. The third-order valence-corrected chi connectivity index (χ3v) is 6.72. The molecule has 0 saturated carbocycles. The van der Waals surface area contributed by atoms with Crippen LogP contribution in [0.5, 0.6) is 0 Å². The first-order valence-electron chi connectivity index (χ1n) is 8.51. The monoisotopic (exact) mass is 406 g/mol. The lowest BCUT2D eigenvalue weighted by Crippen LogP contribution is -2.26. The number of carbonyl (C=O) groups excluding carboxylic acids is 1. The van der Waals surface area contributed by atoms with Gasteiger partial charge in [-0.25, -0.2) is 0 Å². The van der Waals surface area contributed by atoms with Crippen LogP contribution in [-0.2, 0) is 12.8 Å². The van der Waals surface area contributed by atoms with E-state index in [1.165, 1.54) is 22.3 Å². The lowest BCUT2D eigenvalue weighted by atomic mass is 9.72. The van der Waals surface area contributed by atoms with Gasteiger partial charge in [0, 0.05) is 9.90 Å². The van der Waals surface area contributed by atoms with Gasteiger partial charge in [0.05, 0.1) is 16.1 Å². The summed E-state index contributed by atoms with van der Waals surface area (Å²) in [4.78, 5) is 13.8. The number of nitrogens with zero attached hydrogens (tertiary/aromatic N) is 1. The maximum atomic E-state index is 12.6. The van der Waals surface area contributed by atoms with Gasteiger partial charge in [0.25, 0.3) is 5.91 Å². The topological polar surface area (TPSA) is 52.9 Å². The van der Waals surface area contributed by atoms with Crippen molar-refractivity contribution in [1.82, 2.24) is 0 Å². The van der Waals surface area contributed by atoms with Crippen molar-refractivity contribution in [3.05, 3.63) is 49.8 Å². The molecule has 0 bridgehead atoms. The van der Waals surface area contributed by atoms with Crippen molar-refractivity contribution in [1.29, 1.82) is 5.26 Å². The minimum Gasteiger partial charge on any atom is -0.312 e. The highest BCUT2D eigenvalue weighted by Crippen LogP contribution is 2.44. The number of halogens is 2. The number of nitrogens with one attached hydrogen (secondary N) is 1. The second-order valence-electron chi connectivity index (χ2n) is 7.70. The number of hydrogen-bond donors (Lipinski definition) is 1. The van der Waals surface area contributed by atoms with Gasteiger partial charge < -0.3 is 5.32 Å². The number of thiophene rings is 1. The largest absolute Gasteiger partial charge is 0.312 e. The van der Waals surface area contributed by atoms with Crippen LogP contribution >= 0.6 is 34.5 Å². The molecule has 1 amide bonds. The second kappa shape index (κ2) is 7.23. The van der Waals surface area contributed by atoms with E-state index in [2.05, 4.69) is 32.2 Å². The fourth-order valence-electron chi connectivity index (χ4n) is 3.38. The van der Waals surface area contributed by atoms with Gasteiger partial charge in [-0.2, -0.15) is 5.26 Å². The number of carbonyl (C=O) groups is 1. The number of hydrogen-bond acceptors (Lipinski definition) is 3. The molecule has 1 aromatic carbocycles. The number of nitriles is 1. The molecule has 0 saturated heterocycles. The van der Waals surface area contributed by atoms with Gasteiger partial charge in [0.2, 0.25) is 0 Å². The Kier molecular flexibility index (Phi) is 5.35. The van der Waals surface area contributed by atoms with E-state index in [1.807, 2.05) is 0 Å². The Morgan fingerprint density at radius 1 is 1.35 bits per heavy atom. The van der Waals surface area contributed by atoms with Crippen LogP contribution in [0, 0.1) is 22.7 Å². The van der Waals surface area contributed by atoms with Crippen molar-refractivity contribution in [2.24, 2.45) is 11.3 Å². The van der Waals surface area contributed by atoms with E-state index in [4.69, 9.17) is 23.2 Å². The molecule has 1 aromatic heterocycles. The fourth-order valence-corrected chi connectivity index (χ4v) is 5.14. The van der Waals surface area contributed by atoms with Crippen LogP contribution in [0.4, 0.5) is 5.00 Å². The lowest BCUT2D eigenvalue weighted by molar-refractivity contribution is 0.102. The molecule has 0 fully saturated rings. The third kappa shape index (κ3) is 3.76. The molecule has 1 aliphatic carbocycles. The fraction of sp³-hybridized carbons (Fsp3) is 0.400. The zero-order valence-corrected chi connectivity index (χ0v) is 17.3. The summed E-state index contributed by atoms with van der Waals surface area (Å²) >= 11 is 13.5. The molecule has 1 aliphatic rings. The Labute approximate surface area is 167 Å². The minimum atomic E-state index is -0.325. The molecule has 2 aromatic rings. The summed E-state index contributed by atoms with van der Waals surface area (Å²) in [6.07, 6.45) is 2.91. The molecule has 3 rings (SSSR count). The maximum absolute atomic E-state index is 12.6. The van der Waals surface area contributed by atoms with Crippen LogP contribution in [0.25, 0.3) is 0 Å². The molecule has 26 heavy (non-hydrogen) atoms. The number of benzene rings is 1. The highest BCUT2D eigenvalue weighted by atomic mass is 35.5. The van der Waals surface area contributed by atoms with E-state index >= 15 is 0 Å². The maximum Gasteiger partial charge on any atom is 0.257 e. The van der Waals surface area contributed by atoms with Gasteiger partial charge in [-0.05, 0) is 54.4 Å². The van der Waals surface area contributed by atoms with Crippen LogP contribution in [0.3, 0.4) is 0 Å². The smallest absolute Gasteiger partial charge is 0.257 e. The first-order valence-corrected chi connectivity index (χ1v) is 10.1. The van der Waals surface area contributed by atoms with Crippen LogP contribution < -0.4 is 5.32 Å². The Balaban J connectivity index is 1.89. The summed E-state index contributed by atoms with van der Waals surface area (Å²) in [5, 5.41) is 13.9. The van der Waals surface area contributed by atoms with Crippen molar-refractivity contribution in [3.63, 3.8) is 0 Å². The molecular formula is C20H20Cl2N2OS. The summed E-state index contributed by atoms with van der Waals surface area (Å²) < 4.78 is 0. The summed E-state index contributed by atoms with van der Waals surface area (Å²) in [7, 11) is 0. The molecule has 1 N–H and O–H groups in total. The Hall–Kier alpha value is -1.54. The van der Waals surface area contributed by atoms with Crippen molar-refractivity contribution >= 4 is 45.4 Å². The van der Waals surface area contributed by atoms with Gasteiger partial charge >= 0.3 is 0 Å². The van der Waals surface area contributed by atoms with Crippen LogP contribution in [0.1, 0.15) is 53.6 Å². The molecule has 0 aliphatic heterocycles. The van der Waals surface area contributed by atoms with E-state index in [0.717, 1.165) is 24.8 Å². The van der Waals surface area contributed by atoms with E-state index in [9.17, 15) is 10.1 Å². The molecule has 0 spiro atoms. The van der Waals surface area contributed by atoms with E-state index < -0.39 is 0 Å². The minimum absolute atomic E-state index is 0.231. The predicted octanol–water partition coefficient (Wildman–Crippen LogP) is 6.33. The van der Waals surface area contributed by atoms with Crippen molar-refractivity contribution < 1.29 is 4.79 Å². The predicted molar refractivity (Wildman–Crippen MR) is 108 cm³/mol. The zero-order chi connectivity index (χ0) is 19.1. The number of amides is 1. The normalized spacial score (nSPS) is 16.7.